The molecule has 0 aromatic heterocycles. The molecule has 5 heteroatoms. The number of phenols is 1. The second kappa shape index (κ2) is 8.33. The van der Waals surface area contributed by atoms with E-state index in [2.05, 4.69) is 51.6 Å². The molecule has 1 N–H and O–H groups in total. The van der Waals surface area contributed by atoms with Crippen LogP contribution in [0.25, 0.3) is 0 Å². The quantitative estimate of drug-likeness (QED) is 0.524. The molecule has 2 rings (SSSR count). The maximum atomic E-state index is 10.7. The molecule has 0 aliphatic rings. The predicted molar refractivity (Wildman–Crippen MR) is 111 cm³/mol. The fourth-order valence-corrected chi connectivity index (χ4v) is 4.96. The van der Waals surface area contributed by atoms with Gasteiger partial charge in [-0.15, -0.1) is 0 Å². The van der Waals surface area contributed by atoms with E-state index in [0.717, 1.165) is 12.0 Å². The average Bonchev–Trinajstić information content (AvgIpc) is 2.62. The van der Waals surface area contributed by atoms with E-state index < -0.39 is 0 Å². The number of aromatic hydroxyl groups is 1. The minimum atomic E-state index is -0.231. The van der Waals surface area contributed by atoms with Gasteiger partial charge in [0, 0.05) is 22.0 Å². The van der Waals surface area contributed by atoms with E-state index in [0.29, 0.717) is 20.1 Å². The molecule has 0 saturated heterocycles. The lowest BCUT2D eigenvalue weighted by Crippen LogP contribution is -2.20. The first-order chi connectivity index (χ1) is 11.9. The van der Waals surface area contributed by atoms with Crippen LogP contribution in [0.1, 0.15) is 43.6 Å². The Balaban J connectivity index is 2.55. The van der Waals surface area contributed by atoms with Gasteiger partial charge in [-0.25, -0.2) is 0 Å². The van der Waals surface area contributed by atoms with Crippen molar-refractivity contribution in [2.24, 2.45) is 0 Å². The largest absolute Gasteiger partial charge is 0.504 e. The Morgan fingerprint density at radius 3 is 2.44 bits per heavy atom. The number of ether oxygens (including phenoxy) is 2. The van der Waals surface area contributed by atoms with E-state index in [1.54, 1.807) is 20.3 Å². The van der Waals surface area contributed by atoms with E-state index in [-0.39, 0.29) is 16.2 Å². The average molecular weight is 378 g/mol. The van der Waals surface area contributed by atoms with E-state index in [1.165, 1.54) is 10.9 Å². The highest BCUT2D eigenvalue weighted by Gasteiger charge is 2.31. The van der Waals surface area contributed by atoms with Crippen LogP contribution in [0, 0.1) is 0 Å². The summed E-state index contributed by atoms with van der Waals surface area (Å²) in [6, 6.07) is 12.0. The maximum absolute atomic E-state index is 10.7. The van der Waals surface area contributed by atoms with Gasteiger partial charge in [0.05, 0.1) is 14.2 Å². The molecule has 2 aromatic carbocycles. The number of hydrogen-bond donors (Lipinski definition) is 2. The zero-order valence-electron chi connectivity index (χ0n) is 15.5. The van der Waals surface area contributed by atoms with Crippen molar-refractivity contribution in [1.29, 1.82) is 0 Å². The molecule has 3 nitrogen and oxygen atoms in total. The first-order valence-electron chi connectivity index (χ1n) is 8.37. The Hall–Kier alpha value is -1.38. The van der Waals surface area contributed by atoms with Gasteiger partial charge in [-0.1, -0.05) is 46.7 Å². The van der Waals surface area contributed by atoms with Crippen LogP contribution in [0.15, 0.2) is 36.4 Å². The van der Waals surface area contributed by atoms with Crippen LogP contribution in [-0.2, 0) is 5.16 Å². The topological polar surface area (TPSA) is 38.7 Å². The van der Waals surface area contributed by atoms with Crippen LogP contribution >= 0.6 is 21.2 Å². The lowest BCUT2D eigenvalue weighted by atomic mass is 9.95. The molecule has 0 bridgehead atoms. The van der Waals surface area contributed by atoms with Crippen LogP contribution in [0.2, 0.25) is 0 Å². The monoisotopic (exact) mass is 378 g/mol. The number of phenolic OH excluding ortho intramolecular Hbond substituents is 1. The van der Waals surface area contributed by atoms with Crippen molar-refractivity contribution >= 4 is 26.5 Å². The molecular weight excluding hydrogens is 351 g/mol. The molecule has 25 heavy (non-hydrogen) atoms. The molecule has 3 unspecified atom stereocenters. The number of benzene rings is 2. The Kier molecular flexibility index (Phi) is 6.65. The summed E-state index contributed by atoms with van der Waals surface area (Å²) >= 11 is 4.62. The summed E-state index contributed by atoms with van der Waals surface area (Å²) in [5.41, 5.74) is 2.09. The van der Waals surface area contributed by atoms with Gasteiger partial charge in [0.25, 0.3) is 0 Å². The van der Waals surface area contributed by atoms with Gasteiger partial charge in [0.15, 0.2) is 11.5 Å². The third-order valence-electron chi connectivity index (χ3n) is 4.63. The fourth-order valence-electron chi connectivity index (χ4n) is 2.90. The Morgan fingerprint density at radius 1 is 1.20 bits per heavy atom. The van der Waals surface area contributed by atoms with Crippen molar-refractivity contribution in [2.45, 2.75) is 37.6 Å². The molecule has 0 amide bonds. The van der Waals surface area contributed by atoms with Crippen LogP contribution in [0.5, 0.6) is 17.2 Å². The SMILES string of the molecule is CCC(C)(Pc1ccccc1C(C)S)c1cc(OC)cc(OC)c1O. The summed E-state index contributed by atoms with van der Waals surface area (Å²) in [6.07, 6.45) is 0.880. The van der Waals surface area contributed by atoms with Crippen molar-refractivity contribution in [2.75, 3.05) is 14.2 Å². The number of thiol groups is 1. The molecule has 0 radical (unpaired) electrons. The number of hydrogen-bond acceptors (Lipinski definition) is 4. The molecular formula is C20H27O3PS. The smallest absolute Gasteiger partial charge is 0.164 e. The number of methoxy groups -OCH3 is 2. The van der Waals surface area contributed by atoms with Gasteiger partial charge in [-0.05, 0) is 30.3 Å². The Morgan fingerprint density at radius 2 is 1.88 bits per heavy atom. The molecule has 0 aliphatic carbocycles. The van der Waals surface area contributed by atoms with Gasteiger partial charge >= 0.3 is 0 Å². The standard InChI is InChI=1S/C20H27O3PS/c1-6-20(3,24-18-10-8-7-9-15(18)13(2)25)16-11-14(22-4)12-17(23-5)19(16)21/h7-13,21,24-25H,6H2,1-5H3. The van der Waals surface area contributed by atoms with Crippen molar-refractivity contribution in [3.63, 3.8) is 0 Å². The van der Waals surface area contributed by atoms with Gasteiger partial charge < -0.3 is 14.6 Å². The minimum absolute atomic E-state index is 0.165. The van der Waals surface area contributed by atoms with Gasteiger partial charge in [-0.3, -0.25) is 0 Å². The van der Waals surface area contributed by atoms with E-state index >= 15 is 0 Å². The van der Waals surface area contributed by atoms with Crippen molar-refractivity contribution in [1.82, 2.24) is 0 Å². The van der Waals surface area contributed by atoms with Crippen LogP contribution < -0.4 is 14.8 Å². The van der Waals surface area contributed by atoms with E-state index in [9.17, 15) is 5.11 Å². The van der Waals surface area contributed by atoms with E-state index in [4.69, 9.17) is 9.47 Å². The molecule has 0 fully saturated rings. The van der Waals surface area contributed by atoms with Crippen LogP contribution in [0.3, 0.4) is 0 Å². The first kappa shape index (κ1) is 19.9. The van der Waals surface area contributed by atoms with Gasteiger partial charge in [-0.2, -0.15) is 12.6 Å². The minimum Gasteiger partial charge on any atom is -0.504 e. The predicted octanol–water partition coefficient (Wildman–Crippen LogP) is 5.03. The number of rotatable bonds is 7. The highest BCUT2D eigenvalue weighted by molar-refractivity contribution is 7.80. The van der Waals surface area contributed by atoms with Crippen molar-refractivity contribution in [3.05, 3.63) is 47.5 Å². The molecule has 0 aliphatic heterocycles. The lowest BCUT2D eigenvalue weighted by molar-refractivity contribution is 0.357. The Bertz CT molecular complexity index is 733. The molecule has 0 spiro atoms. The summed E-state index contributed by atoms with van der Waals surface area (Å²) in [4.78, 5) is 0. The summed E-state index contributed by atoms with van der Waals surface area (Å²) < 4.78 is 10.7. The highest BCUT2D eigenvalue weighted by atomic mass is 32.1. The molecule has 3 atom stereocenters. The lowest BCUT2D eigenvalue weighted by Gasteiger charge is -2.32. The van der Waals surface area contributed by atoms with Crippen LogP contribution in [0.4, 0.5) is 0 Å². The second-order valence-electron chi connectivity index (χ2n) is 6.30. The summed E-state index contributed by atoms with van der Waals surface area (Å²) in [7, 11) is 3.67. The summed E-state index contributed by atoms with van der Waals surface area (Å²) in [5, 5.41) is 11.9. The fraction of sp³-hybridized carbons (Fsp3) is 0.400. The first-order valence-corrected chi connectivity index (χ1v) is 9.88. The zero-order valence-corrected chi connectivity index (χ0v) is 17.4. The second-order valence-corrected chi connectivity index (χ2v) is 8.97. The molecule has 0 heterocycles. The molecule has 2 aromatic rings. The van der Waals surface area contributed by atoms with Crippen molar-refractivity contribution in [3.8, 4) is 17.2 Å². The zero-order chi connectivity index (χ0) is 18.6. The van der Waals surface area contributed by atoms with E-state index in [1.807, 2.05) is 12.1 Å². The third-order valence-corrected chi connectivity index (χ3v) is 6.80. The van der Waals surface area contributed by atoms with Crippen LogP contribution in [-0.4, -0.2) is 19.3 Å². The normalized spacial score (nSPS) is 15.1. The van der Waals surface area contributed by atoms with Crippen molar-refractivity contribution < 1.29 is 14.6 Å². The van der Waals surface area contributed by atoms with Gasteiger partial charge in [0.1, 0.15) is 5.75 Å². The summed E-state index contributed by atoms with van der Waals surface area (Å²) in [6.45, 7) is 6.41. The Labute approximate surface area is 157 Å². The molecule has 0 saturated carbocycles. The van der Waals surface area contributed by atoms with Gasteiger partial charge in [0.2, 0.25) is 0 Å². The summed E-state index contributed by atoms with van der Waals surface area (Å²) in [5.74, 6) is 1.32. The molecule has 136 valence electrons. The third kappa shape index (κ3) is 4.24. The highest BCUT2D eigenvalue weighted by Crippen LogP contribution is 2.51. The maximum Gasteiger partial charge on any atom is 0.164 e.